The second-order valence-electron chi connectivity index (χ2n) is 5.28. The predicted octanol–water partition coefficient (Wildman–Crippen LogP) is 2.70. The number of nitrogens with zero attached hydrogens (tertiary/aromatic N) is 1. The van der Waals surface area contributed by atoms with E-state index in [2.05, 4.69) is 32.2 Å². The standard InChI is InChI=1S/C11H22N2/c1-10(2,3)13-8-6-7-11(4,5)9-12/h13H,6-8H2,1-5H3. The molecule has 0 spiro atoms. The van der Waals surface area contributed by atoms with Crippen molar-refractivity contribution in [2.75, 3.05) is 6.54 Å². The molecule has 2 heteroatoms. The van der Waals surface area contributed by atoms with E-state index < -0.39 is 0 Å². The van der Waals surface area contributed by atoms with Crippen LogP contribution in [0.2, 0.25) is 0 Å². The quantitative estimate of drug-likeness (QED) is 0.678. The lowest BCUT2D eigenvalue weighted by molar-refractivity contribution is 0.380. The fraction of sp³-hybridized carbons (Fsp3) is 0.909. The third-order valence-corrected chi connectivity index (χ3v) is 1.94. The average Bonchev–Trinajstić information content (AvgIpc) is 1.97. The number of nitrogens with one attached hydrogen (secondary N) is 1. The van der Waals surface area contributed by atoms with Crippen LogP contribution in [0.3, 0.4) is 0 Å². The van der Waals surface area contributed by atoms with Crippen LogP contribution in [0.15, 0.2) is 0 Å². The van der Waals surface area contributed by atoms with Gasteiger partial charge in [0.05, 0.1) is 11.5 Å². The van der Waals surface area contributed by atoms with Gasteiger partial charge in [-0.2, -0.15) is 5.26 Å². The maximum atomic E-state index is 8.78. The molecule has 0 fully saturated rings. The highest BCUT2D eigenvalue weighted by molar-refractivity contribution is 4.91. The van der Waals surface area contributed by atoms with E-state index in [0.29, 0.717) is 0 Å². The van der Waals surface area contributed by atoms with Gasteiger partial charge in [0.15, 0.2) is 0 Å². The predicted molar refractivity (Wildman–Crippen MR) is 56.4 cm³/mol. The normalized spacial score (nSPS) is 12.6. The first-order chi connectivity index (χ1) is 5.77. The fourth-order valence-electron chi connectivity index (χ4n) is 1.05. The lowest BCUT2D eigenvalue weighted by Crippen LogP contribution is -2.36. The molecule has 0 aromatic rings. The van der Waals surface area contributed by atoms with E-state index >= 15 is 0 Å². The van der Waals surface area contributed by atoms with Crippen molar-refractivity contribution in [3.63, 3.8) is 0 Å². The summed E-state index contributed by atoms with van der Waals surface area (Å²) in [4.78, 5) is 0. The Hall–Kier alpha value is -0.550. The Labute approximate surface area is 82.3 Å². The van der Waals surface area contributed by atoms with E-state index in [-0.39, 0.29) is 11.0 Å². The van der Waals surface area contributed by atoms with Gasteiger partial charge in [-0.3, -0.25) is 0 Å². The molecule has 0 heterocycles. The van der Waals surface area contributed by atoms with Gasteiger partial charge in [-0.15, -0.1) is 0 Å². The van der Waals surface area contributed by atoms with Crippen molar-refractivity contribution in [3.05, 3.63) is 0 Å². The minimum Gasteiger partial charge on any atom is -0.312 e. The van der Waals surface area contributed by atoms with Crippen molar-refractivity contribution in [2.24, 2.45) is 5.41 Å². The molecule has 2 nitrogen and oxygen atoms in total. The molecule has 13 heavy (non-hydrogen) atoms. The van der Waals surface area contributed by atoms with E-state index in [4.69, 9.17) is 5.26 Å². The van der Waals surface area contributed by atoms with Crippen molar-refractivity contribution < 1.29 is 0 Å². The molecule has 76 valence electrons. The van der Waals surface area contributed by atoms with E-state index in [0.717, 1.165) is 19.4 Å². The van der Waals surface area contributed by atoms with Crippen molar-refractivity contribution in [1.29, 1.82) is 5.26 Å². The molecule has 0 unspecified atom stereocenters. The van der Waals surface area contributed by atoms with Gasteiger partial charge in [-0.05, 0) is 54.0 Å². The van der Waals surface area contributed by atoms with E-state index in [9.17, 15) is 0 Å². The Morgan fingerprint density at radius 2 is 1.69 bits per heavy atom. The van der Waals surface area contributed by atoms with Crippen LogP contribution in [0.1, 0.15) is 47.5 Å². The van der Waals surface area contributed by atoms with Crippen LogP contribution < -0.4 is 5.32 Å². The van der Waals surface area contributed by atoms with Gasteiger partial charge in [0.2, 0.25) is 0 Å². The van der Waals surface area contributed by atoms with Crippen molar-refractivity contribution in [2.45, 2.75) is 53.0 Å². The second kappa shape index (κ2) is 4.62. The maximum absolute atomic E-state index is 8.78. The number of nitriles is 1. The highest BCUT2D eigenvalue weighted by atomic mass is 14.9. The van der Waals surface area contributed by atoms with Crippen molar-refractivity contribution >= 4 is 0 Å². The van der Waals surface area contributed by atoms with Crippen LogP contribution in [-0.4, -0.2) is 12.1 Å². The summed E-state index contributed by atoms with van der Waals surface area (Å²) in [6, 6.07) is 2.31. The molecule has 1 N–H and O–H groups in total. The molecule has 0 bridgehead atoms. The number of rotatable bonds is 4. The molecule has 0 aliphatic rings. The summed E-state index contributed by atoms with van der Waals surface area (Å²) in [7, 11) is 0. The molecule has 0 amide bonds. The highest BCUT2D eigenvalue weighted by Gasteiger charge is 2.16. The zero-order valence-corrected chi connectivity index (χ0v) is 9.57. The Balaban J connectivity index is 3.54. The fourth-order valence-corrected chi connectivity index (χ4v) is 1.05. The van der Waals surface area contributed by atoms with Crippen molar-refractivity contribution in [1.82, 2.24) is 5.32 Å². The first-order valence-corrected chi connectivity index (χ1v) is 4.93. The van der Waals surface area contributed by atoms with Crippen LogP contribution in [0.25, 0.3) is 0 Å². The van der Waals surface area contributed by atoms with Crippen LogP contribution in [0.5, 0.6) is 0 Å². The highest BCUT2D eigenvalue weighted by Crippen LogP contribution is 2.20. The maximum Gasteiger partial charge on any atom is 0.0683 e. The molecular weight excluding hydrogens is 160 g/mol. The van der Waals surface area contributed by atoms with Gasteiger partial charge in [-0.25, -0.2) is 0 Å². The Bertz CT molecular complexity index is 181. The summed E-state index contributed by atoms with van der Waals surface area (Å²) >= 11 is 0. The summed E-state index contributed by atoms with van der Waals surface area (Å²) in [5.41, 5.74) is 0.0242. The number of hydrogen-bond donors (Lipinski definition) is 1. The van der Waals surface area contributed by atoms with E-state index in [1.165, 1.54) is 0 Å². The zero-order chi connectivity index (χ0) is 10.5. The Morgan fingerprint density at radius 1 is 1.15 bits per heavy atom. The van der Waals surface area contributed by atoms with Gasteiger partial charge in [0, 0.05) is 5.54 Å². The van der Waals surface area contributed by atoms with Crippen LogP contribution in [0, 0.1) is 16.7 Å². The molecule has 0 atom stereocenters. The lowest BCUT2D eigenvalue weighted by atomic mass is 9.90. The van der Waals surface area contributed by atoms with Gasteiger partial charge >= 0.3 is 0 Å². The van der Waals surface area contributed by atoms with E-state index in [1.54, 1.807) is 0 Å². The molecule has 0 radical (unpaired) electrons. The Morgan fingerprint density at radius 3 is 2.08 bits per heavy atom. The SMILES string of the molecule is CC(C)(C#N)CCCNC(C)(C)C. The van der Waals surface area contributed by atoms with E-state index in [1.807, 2.05) is 13.8 Å². The molecule has 0 saturated heterocycles. The second-order valence-corrected chi connectivity index (χ2v) is 5.28. The van der Waals surface area contributed by atoms with Gasteiger partial charge < -0.3 is 5.32 Å². The first-order valence-electron chi connectivity index (χ1n) is 4.93. The Kier molecular flexibility index (Phi) is 4.43. The smallest absolute Gasteiger partial charge is 0.0683 e. The molecule has 0 aromatic carbocycles. The summed E-state index contributed by atoms with van der Waals surface area (Å²) in [5.74, 6) is 0. The zero-order valence-electron chi connectivity index (χ0n) is 9.57. The molecule has 0 aliphatic carbocycles. The molecule has 0 saturated carbocycles. The minimum absolute atomic E-state index is 0.167. The summed E-state index contributed by atoms with van der Waals surface area (Å²) in [6.45, 7) is 11.4. The largest absolute Gasteiger partial charge is 0.312 e. The summed E-state index contributed by atoms with van der Waals surface area (Å²) in [6.07, 6.45) is 2.03. The van der Waals surface area contributed by atoms with Gasteiger partial charge in [-0.1, -0.05) is 0 Å². The van der Waals surface area contributed by atoms with Gasteiger partial charge in [0.1, 0.15) is 0 Å². The summed E-state index contributed by atoms with van der Waals surface area (Å²) < 4.78 is 0. The van der Waals surface area contributed by atoms with Crippen LogP contribution in [-0.2, 0) is 0 Å². The molecule has 0 aliphatic heterocycles. The van der Waals surface area contributed by atoms with Crippen molar-refractivity contribution in [3.8, 4) is 6.07 Å². The monoisotopic (exact) mass is 182 g/mol. The minimum atomic E-state index is -0.167. The van der Waals surface area contributed by atoms with Gasteiger partial charge in [0.25, 0.3) is 0 Å². The van der Waals surface area contributed by atoms with Crippen LogP contribution in [0.4, 0.5) is 0 Å². The summed E-state index contributed by atoms with van der Waals surface area (Å²) in [5, 5.41) is 12.2. The molecule has 0 rings (SSSR count). The molecular formula is C11H22N2. The number of hydrogen-bond acceptors (Lipinski definition) is 2. The first kappa shape index (κ1) is 12.4. The molecule has 0 aromatic heterocycles. The lowest BCUT2D eigenvalue weighted by Gasteiger charge is -2.22. The third-order valence-electron chi connectivity index (χ3n) is 1.94. The third kappa shape index (κ3) is 7.80. The topological polar surface area (TPSA) is 35.8 Å². The average molecular weight is 182 g/mol. The van der Waals surface area contributed by atoms with Crippen LogP contribution >= 0.6 is 0 Å².